The Kier molecular flexibility index (Phi) is 14.1. The molecule has 1 aliphatic carbocycles. The van der Waals surface area contributed by atoms with Gasteiger partial charge in [-0.1, -0.05) is 26.2 Å². The van der Waals surface area contributed by atoms with Gasteiger partial charge >= 0.3 is 23.9 Å². The molecule has 1 saturated heterocycles. The van der Waals surface area contributed by atoms with Crippen molar-refractivity contribution in [3.63, 3.8) is 0 Å². The van der Waals surface area contributed by atoms with Crippen LogP contribution < -0.4 is 5.32 Å². The summed E-state index contributed by atoms with van der Waals surface area (Å²) in [5, 5.41) is 2.94. The molecule has 276 valence electrons. The molecule has 5 unspecified atom stereocenters. The first-order chi connectivity index (χ1) is 21.9. The number of amides is 1. The zero-order valence-corrected chi connectivity index (χ0v) is 31.8. The van der Waals surface area contributed by atoms with Crippen molar-refractivity contribution in [2.24, 2.45) is 33.5 Å². The zero-order valence-electron chi connectivity index (χ0n) is 31.8. The van der Waals surface area contributed by atoms with E-state index in [4.69, 9.17) is 23.7 Å². The van der Waals surface area contributed by atoms with Crippen LogP contribution in [-0.2, 0) is 47.7 Å². The molecule has 1 aliphatic heterocycles. The van der Waals surface area contributed by atoms with Crippen molar-refractivity contribution >= 4 is 29.8 Å². The predicted molar refractivity (Wildman–Crippen MR) is 180 cm³/mol. The van der Waals surface area contributed by atoms with Gasteiger partial charge in [-0.3, -0.25) is 24.0 Å². The number of nitrogens with one attached hydrogen (secondary N) is 1. The van der Waals surface area contributed by atoms with Crippen LogP contribution in [0.4, 0.5) is 0 Å². The fourth-order valence-electron chi connectivity index (χ4n) is 5.31. The second kappa shape index (κ2) is 16.3. The smallest absolute Gasteiger partial charge is 0.311 e. The standard InChI is InChI=1S/C37H63NO10/c1-14-15-16-22-17-19-23(20-18-22)28(39)38-29-27(48-33(43)37(11,12)13)26(47-32(42)36(8,9)10)25(46-31(41)35(5,6)7)24(45-29)21-44-30(40)34(2,3)4/h22-27,29H,14-21H2,1-13H3,(H,38,39). The average molecular weight is 682 g/mol. The van der Waals surface area contributed by atoms with Crippen molar-refractivity contribution in [3.8, 4) is 0 Å². The molecule has 11 nitrogen and oxygen atoms in total. The van der Waals surface area contributed by atoms with Crippen LogP contribution in [0.1, 0.15) is 135 Å². The number of unbranched alkanes of at least 4 members (excludes halogenated alkanes) is 1. The maximum atomic E-state index is 13.8. The van der Waals surface area contributed by atoms with E-state index in [9.17, 15) is 24.0 Å². The molecule has 1 heterocycles. The molecule has 0 bridgehead atoms. The van der Waals surface area contributed by atoms with Crippen LogP contribution in [0.3, 0.4) is 0 Å². The molecular weight excluding hydrogens is 618 g/mol. The highest BCUT2D eigenvalue weighted by molar-refractivity contribution is 5.80. The van der Waals surface area contributed by atoms with Gasteiger partial charge in [0.1, 0.15) is 12.7 Å². The lowest BCUT2D eigenvalue weighted by Gasteiger charge is -2.46. The van der Waals surface area contributed by atoms with Crippen LogP contribution in [0.25, 0.3) is 0 Å². The van der Waals surface area contributed by atoms with Gasteiger partial charge < -0.3 is 29.0 Å². The van der Waals surface area contributed by atoms with E-state index < -0.39 is 76.2 Å². The predicted octanol–water partition coefficient (Wildman–Crippen LogP) is 6.29. The first kappa shape index (κ1) is 41.5. The largest absolute Gasteiger partial charge is 0.462 e. The molecule has 2 fully saturated rings. The minimum atomic E-state index is -1.41. The first-order valence-corrected chi connectivity index (χ1v) is 17.6. The molecule has 0 spiro atoms. The Labute approximate surface area is 288 Å². The van der Waals surface area contributed by atoms with Gasteiger partial charge in [-0.2, -0.15) is 0 Å². The summed E-state index contributed by atoms with van der Waals surface area (Å²) in [6.45, 7) is 21.9. The number of hydrogen-bond donors (Lipinski definition) is 1. The summed E-state index contributed by atoms with van der Waals surface area (Å²) in [6, 6.07) is 0. The molecule has 0 aromatic heterocycles. The lowest BCUT2D eigenvalue weighted by atomic mass is 9.79. The first-order valence-electron chi connectivity index (χ1n) is 17.6. The van der Waals surface area contributed by atoms with Crippen LogP contribution in [-0.4, -0.2) is 67.0 Å². The van der Waals surface area contributed by atoms with Crippen molar-refractivity contribution in [3.05, 3.63) is 0 Å². The number of esters is 4. The Morgan fingerprint density at radius 3 is 1.50 bits per heavy atom. The van der Waals surface area contributed by atoms with E-state index in [1.54, 1.807) is 83.1 Å². The van der Waals surface area contributed by atoms with Crippen LogP contribution in [0.15, 0.2) is 0 Å². The third-order valence-electron chi connectivity index (χ3n) is 8.66. The minimum absolute atomic E-state index is 0.276. The normalized spacial score (nSPS) is 27.0. The van der Waals surface area contributed by atoms with Crippen LogP contribution in [0.5, 0.6) is 0 Å². The second-order valence-corrected chi connectivity index (χ2v) is 17.7. The lowest BCUT2D eigenvalue weighted by Crippen LogP contribution is -2.67. The highest BCUT2D eigenvalue weighted by atomic mass is 16.7. The Morgan fingerprint density at radius 1 is 0.625 bits per heavy atom. The number of rotatable bonds is 10. The van der Waals surface area contributed by atoms with Gasteiger partial charge in [0.05, 0.1) is 21.7 Å². The number of ether oxygens (including phenoxy) is 5. The van der Waals surface area contributed by atoms with E-state index in [2.05, 4.69) is 12.2 Å². The maximum Gasteiger partial charge on any atom is 0.311 e. The van der Waals surface area contributed by atoms with Gasteiger partial charge in [-0.15, -0.1) is 0 Å². The Hall–Kier alpha value is -2.69. The summed E-state index contributed by atoms with van der Waals surface area (Å²) >= 11 is 0. The molecule has 0 aromatic carbocycles. The van der Waals surface area contributed by atoms with Gasteiger partial charge in [-0.25, -0.2) is 0 Å². The molecule has 1 N–H and O–H groups in total. The number of carbonyl (C=O) groups excluding carboxylic acids is 5. The molecule has 1 saturated carbocycles. The fraction of sp³-hybridized carbons (Fsp3) is 0.865. The average Bonchev–Trinajstić information content (AvgIpc) is 2.95. The van der Waals surface area contributed by atoms with Crippen molar-refractivity contribution in [2.75, 3.05) is 6.61 Å². The Balaban J connectivity index is 2.59. The van der Waals surface area contributed by atoms with E-state index in [1.165, 1.54) is 0 Å². The summed E-state index contributed by atoms with van der Waals surface area (Å²) in [6.07, 6.45) is 0.103. The van der Waals surface area contributed by atoms with E-state index in [1.807, 2.05) is 0 Å². The van der Waals surface area contributed by atoms with Crippen molar-refractivity contribution in [2.45, 2.75) is 166 Å². The summed E-state index contributed by atoms with van der Waals surface area (Å²) < 4.78 is 30.1. The molecule has 2 aliphatic rings. The topological polar surface area (TPSA) is 144 Å². The minimum Gasteiger partial charge on any atom is -0.462 e. The van der Waals surface area contributed by atoms with E-state index in [0.717, 1.165) is 32.1 Å². The van der Waals surface area contributed by atoms with Gasteiger partial charge in [0.2, 0.25) is 5.91 Å². The van der Waals surface area contributed by atoms with Crippen LogP contribution in [0, 0.1) is 33.5 Å². The summed E-state index contributed by atoms with van der Waals surface area (Å²) in [7, 11) is 0. The molecule has 0 aromatic rings. The molecule has 11 heteroatoms. The van der Waals surface area contributed by atoms with E-state index in [-0.39, 0.29) is 18.4 Å². The molecule has 5 atom stereocenters. The third-order valence-corrected chi connectivity index (χ3v) is 8.66. The summed E-state index contributed by atoms with van der Waals surface area (Å²) in [5.74, 6) is -2.43. The second-order valence-electron chi connectivity index (χ2n) is 17.7. The van der Waals surface area contributed by atoms with Gasteiger partial charge in [0.15, 0.2) is 24.5 Å². The maximum absolute atomic E-state index is 13.8. The zero-order chi connectivity index (χ0) is 36.8. The summed E-state index contributed by atoms with van der Waals surface area (Å²) in [5.41, 5.74) is -3.78. The van der Waals surface area contributed by atoms with Crippen molar-refractivity contribution in [1.29, 1.82) is 0 Å². The summed E-state index contributed by atoms with van der Waals surface area (Å²) in [4.78, 5) is 66.9. The monoisotopic (exact) mass is 681 g/mol. The van der Waals surface area contributed by atoms with Crippen molar-refractivity contribution in [1.82, 2.24) is 5.32 Å². The van der Waals surface area contributed by atoms with Gasteiger partial charge in [0, 0.05) is 5.92 Å². The molecule has 1 amide bonds. The third kappa shape index (κ3) is 12.0. The fourth-order valence-corrected chi connectivity index (χ4v) is 5.31. The van der Waals surface area contributed by atoms with Crippen LogP contribution >= 0.6 is 0 Å². The highest BCUT2D eigenvalue weighted by Crippen LogP contribution is 2.35. The van der Waals surface area contributed by atoms with E-state index in [0.29, 0.717) is 18.8 Å². The highest BCUT2D eigenvalue weighted by Gasteiger charge is 2.55. The van der Waals surface area contributed by atoms with E-state index >= 15 is 0 Å². The van der Waals surface area contributed by atoms with Crippen molar-refractivity contribution < 1.29 is 47.7 Å². The lowest BCUT2D eigenvalue weighted by molar-refractivity contribution is -0.264. The molecule has 0 radical (unpaired) electrons. The van der Waals surface area contributed by atoms with Crippen LogP contribution in [0.2, 0.25) is 0 Å². The number of carbonyl (C=O) groups is 5. The Bertz CT molecular complexity index is 1130. The molecular formula is C37H63NO10. The molecule has 48 heavy (non-hydrogen) atoms. The number of hydrogen-bond acceptors (Lipinski definition) is 10. The van der Waals surface area contributed by atoms with Gasteiger partial charge in [-0.05, 0) is 115 Å². The SMILES string of the molecule is CCCCC1CCC(C(=O)NC2OC(COC(=O)C(C)(C)C)C(OC(=O)C(C)(C)C)C(OC(=O)C(C)(C)C)C2OC(=O)C(C)(C)C)CC1. The van der Waals surface area contributed by atoms with Gasteiger partial charge in [0.25, 0.3) is 0 Å². The quantitative estimate of drug-likeness (QED) is 0.206. The molecule has 2 rings (SSSR count). The Morgan fingerprint density at radius 2 is 1.06 bits per heavy atom.